The van der Waals surface area contributed by atoms with Gasteiger partial charge in [0.15, 0.2) is 5.58 Å². The van der Waals surface area contributed by atoms with E-state index >= 15 is 0 Å². The smallest absolute Gasteiger partial charge is 0.435 e. The van der Waals surface area contributed by atoms with Crippen LogP contribution in [-0.2, 0) is 10.2 Å². The zero-order valence-corrected chi connectivity index (χ0v) is 15.9. The number of fused-ring (bicyclic) bond motifs is 1. The predicted molar refractivity (Wildman–Crippen MR) is 101 cm³/mol. The fourth-order valence-corrected chi connectivity index (χ4v) is 3.74. The Balaban J connectivity index is 1.77. The molecule has 2 heterocycles. The van der Waals surface area contributed by atoms with Crippen molar-refractivity contribution in [1.82, 2.24) is 18.9 Å². The Bertz CT molecular complexity index is 1430. The largest absolute Gasteiger partial charge is 0.496 e. The highest BCUT2D eigenvalue weighted by molar-refractivity contribution is 7.88. The van der Waals surface area contributed by atoms with Gasteiger partial charge >= 0.3 is 22.1 Å². The van der Waals surface area contributed by atoms with Crippen LogP contribution in [0.2, 0.25) is 0 Å². The molecule has 0 bridgehead atoms. The number of carboxylic acid groups (broad SMARTS) is 1. The van der Waals surface area contributed by atoms with Gasteiger partial charge < -0.3 is 18.7 Å². The minimum absolute atomic E-state index is 0.0831. The standard InChI is InChI=1S/C17H12N4O8S/c1-27-12-5-3-2-4-10(12)15-19-18-14(29-15)9-6-7-11-13(8-9)28-17(24)21(11)30(25,26)20-16(22)23/h2-8,20H,1H3,(H,22,23). The van der Waals surface area contributed by atoms with Crippen molar-refractivity contribution in [2.24, 2.45) is 0 Å². The van der Waals surface area contributed by atoms with E-state index in [4.69, 9.17) is 18.7 Å². The molecular formula is C17H12N4O8S. The van der Waals surface area contributed by atoms with Crippen LogP contribution in [0.4, 0.5) is 4.79 Å². The number of hydrogen-bond acceptors (Lipinski definition) is 9. The lowest BCUT2D eigenvalue weighted by atomic mass is 10.2. The molecule has 0 aliphatic carbocycles. The molecule has 0 fully saturated rings. The molecule has 0 saturated heterocycles. The van der Waals surface area contributed by atoms with E-state index in [0.29, 0.717) is 16.9 Å². The molecule has 30 heavy (non-hydrogen) atoms. The first kappa shape index (κ1) is 19.2. The fourth-order valence-electron chi connectivity index (χ4n) is 2.78. The van der Waals surface area contributed by atoms with Crippen LogP contribution in [0.5, 0.6) is 5.75 Å². The van der Waals surface area contributed by atoms with E-state index in [0.717, 1.165) is 0 Å². The van der Waals surface area contributed by atoms with Crippen molar-refractivity contribution in [2.45, 2.75) is 0 Å². The average Bonchev–Trinajstić information content (AvgIpc) is 3.30. The summed E-state index contributed by atoms with van der Waals surface area (Å²) < 4.78 is 41.5. The van der Waals surface area contributed by atoms with Crippen LogP contribution in [0.15, 0.2) is 56.1 Å². The van der Waals surface area contributed by atoms with Crippen molar-refractivity contribution in [3.8, 4) is 28.7 Å². The molecule has 0 aliphatic rings. The van der Waals surface area contributed by atoms with Crippen molar-refractivity contribution in [2.75, 3.05) is 7.11 Å². The number of aromatic nitrogens is 3. The highest BCUT2D eigenvalue weighted by atomic mass is 32.2. The van der Waals surface area contributed by atoms with Gasteiger partial charge in [-0.3, -0.25) is 0 Å². The van der Waals surface area contributed by atoms with E-state index in [-0.39, 0.29) is 26.9 Å². The summed E-state index contributed by atoms with van der Waals surface area (Å²) in [6.07, 6.45) is -1.84. The number of nitrogens with one attached hydrogen (secondary N) is 1. The molecule has 13 heteroatoms. The number of methoxy groups -OCH3 is 1. The topological polar surface area (TPSA) is 167 Å². The third-order valence-corrected chi connectivity index (χ3v) is 5.27. The van der Waals surface area contributed by atoms with E-state index in [1.807, 2.05) is 0 Å². The van der Waals surface area contributed by atoms with Gasteiger partial charge in [0.25, 0.3) is 5.89 Å². The van der Waals surface area contributed by atoms with Crippen molar-refractivity contribution in [3.05, 3.63) is 53.0 Å². The molecule has 2 N–H and O–H groups in total. The highest BCUT2D eigenvalue weighted by Crippen LogP contribution is 2.31. The molecule has 0 atom stereocenters. The Morgan fingerprint density at radius 1 is 1.13 bits per heavy atom. The number of amides is 1. The molecule has 2 aromatic heterocycles. The number of carbonyl (C=O) groups is 1. The second-order valence-corrected chi connectivity index (χ2v) is 7.36. The zero-order chi connectivity index (χ0) is 21.5. The summed E-state index contributed by atoms with van der Waals surface area (Å²) in [6, 6.07) is 11.0. The van der Waals surface area contributed by atoms with Gasteiger partial charge in [0.05, 0.1) is 12.7 Å². The molecule has 0 radical (unpaired) electrons. The number of hydrogen-bond donors (Lipinski definition) is 2. The van der Waals surface area contributed by atoms with Crippen LogP contribution in [-0.4, -0.2) is 40.9 Å². The molecule has 154 valence electrons. The van der Waals surface area contributed by atoms with Gasteiger partial charge in [0, 0.05) is 5.56 Å². The van der Waals surface area contributed by atoms with E-state index in [2.05, 4.69) is 10.2 Å². The van der Waals surface area contributed by atoms with E-state index in [9.17, 15) is 18.0 Å². The van der Waals surface area contributed by atoms with Crippen LogP contribution in [0.3, 0.4) is 0 Å². The van der Waals surface area contributed by atoms with Crippen LogP contribution in [0.1, 0.15) is 0 Å². The van der Waals surface area contributed by atoms with Gasteiger partial charge in [-0.25, -0.2) is 14.3 Å². The van der Waals surface area contributed by atoms with Gasteiger partial charge in [-0.1, -0.05) is 12.1 Å². The first-order valence-electron chi connectivity index (χ1n) is 8.19. The van der Waals surface area contributed by atoms with E-state index < -0.39 is 22.1 Å². The summed E-state index contributed by atoms with van der Waals surface area (Å²) >= 11 is 0. The Labute approximate surface area is 167 Å². The second kappa shape index (κ2) is 7.04. The van der Waals surface area contributed by atoms with Crippen molar-refractivity contribution in [1.29, 1.82) is 0 Å². The SMILES string of the molecule is COc1ccccc1-c1nnc(-c2ccc3c(c2)oc(=O)n3S(=O)(=O)NC(=O)O)o1. The molecule has 0 unspecified atom stereocenters. The average molecular weight is 432 g/mol. The Hall–Kier alpha value is -4.13. The molecule has 12 nitrogen and oxygen atoms in total. The Morgan fingerprint density at radius 3 is 2.60 bits per heavy atom. The quantitative estimate of drug-likeness (QED) is 0.473. The first-order valence-corrected chi connectivity index (χ1v) is 9.63. The number of oxazole rings is 1. The predicted octanol–water partition coefficient (Wildman–Crippen LogP) is 1.68. The van der Waals surface area contributed by atoms with Crippen LogP contribution >= 0.6 is 0 Å². The van der Waals surface area contributed by atoms with Gasteiger partial charge in [-0.2, -0.15) is 12.4 Å². The summed E-state index contributed by atoms with van der Waals surface area (Å²) in [7, 11) is -3.19. The molecule has 0 spiro atoms. The van der Waals surface area contributed by atoms with Crippen LogP contribution in [0.25, 0.3) is 34.0 Å². The minimum Gasteiger partial charge on any atom is -0.496 e. The third kappa shape index (κ3) is 3.26. The molecule has 4 rings (SSSR count). The lowest BCUT2D eigenvalue weighted by Crippen LogP contribution is -2.38. The fraction of sp³-hybridized carbons (Fsp3) is 0.0588. The number of rotatable bonds is 5. The summed E-state index contributed by atoms with van der Waals surface area (Å²) in [6.45, 7) is 0. The van der Waals surface area contributed by atoms with Crippen LogP contribution in [0, 0.1) is 0 Å². The maximum atomic E-state index is 12.1. The van der Waals surface area contributed by atoms with E-state index in [1.165, 1.54) is 30.0 Å². The summed E-state index contributed by atoms with van der Waals surface area (Å²) in [5.74, 6) is -0.479. The molecule has 0 aliphatic heterocycles. The maximum Gasteiger partial charge on any atom is 0.435 e. The molecule has 4 aromatic rings. The second-order valence-electron chi connectivity index (χ2n) is 5.84. The Kier molecular flexibility index (Phi) is 4.50. The highest BCUT2D eigenvalue weighted by Gasteiger charge is 2.24. The number of nitrogens with zero attached hydrogens (tertiary/aromatic N) is 3. The van der Waals surface area contributed by atoms with Gasteiger partial charge in [-0.05, 0) is 30.3 Å². The lowest BCUT2D eigenvalue weighted by Gasteiger charge is -2.03. The van der Waals surface area contributed by atoms with Crippen LogP contribution < -0.4 is 15.2 Å². The maximum absolute atomic E-state index is 12.1. The van der Waals surface area contributed by atoms with Gasteiger partial charge in [0.2, 0.25) is 5.89 Å². The van der Waals surface area contributed by atoms with Gasteiger partial charge in [-0.15, -0.1) is 10.2 Å². The molecule has 0 saturated carbocycles. The van der Waals surface area contributed by atoms with E-state index in [1.54, 1.807) is 24.3 Å². The lowest BCUT2D eigenvalue weighted by molar-refractivity contribution is 0.201. The van der Waals surface area contributed by atoms with Gasteiger partial charge in [0.1, 0.15) is 11.3 Å². The normalized spacial score (nSPS) is 11.5. The third-order valence-electron chi connectivity index (χ3n) is 4.01. The summed E-state index contributed by atoms with van der Waals surface area (Å²) in [5, 5.41) is 16.6. The minimum atomic E-state index is -4.69. The Morgan fingerprint density at radius 2 is 1.87 bits per heavy atom. The van der Waals surface area contributed by atoms with Crippen molar-refractivity contribution in [3.63, 3.8) is 0 Å². The first-order chi connectivity index (χ1) is 14.3. The number of ether oxygens (including phenoxy) is 1. The molecule has 2 aromatic carbocycles. The summed E-state index contributed by atoms with van der Waals surface area (Å²) in [5.41, 5.74) is 0.635. The molecular weight excluding hydrogens is 420 g/mol. The van der Waals surface area contributed by atoms with Crippen molar-refractivity contribution < 1.29 is 31.9 Å². The van der Waals surface area contributed by atoms with Crippen molar-refractivity contribution >= 4 is 27.4 Å². The molecule has 1 amide bonds. The monoisotopic (exact) mass is 432 g/mol. The zero-order valence-electron chi connectivity index (χ0n) is 15.1. The number of para-hydroxylation sites is 1. The summed E-state index contributed by atoms with van der Waals surface area (Å²) in [4.78, 5) is 22.7. The number of benzene rings is 2.